The van der Waals surface area contributed by atoms with Gasteiger partial charge in [-0.1, -0.05) is 19.9 Å². The summed E-state index contributed by atoms with van der Waals surface area (Å²) in [6, 6.07) is 7.41. The fourth-order valence-electron chi connectivity index (χ4n) is 4.83. The van der Waals surface area contributed by atoms with Crippen LogP contribution in [0.1, 0.15) is 49.1 Å². The molecular weight excluding hydrogens is 491 g/mol. The van der Waals surface area contributed by atoms with E-state index in [1.54, 1.807) is 13.0 Å². The van der Waals surface area contributed by atoms with E-state index in [1.807, 2.05) is 15.9 Å². The Balaban J connectivity index is 1.31. The average Bonchev–Trinajstić information content (AvgIpc) is 3.28. The molecule has 1 saturated heterocycles. The van der Waals surface area contributed by atoms with Gasteiger partial charge in [0.1, 0.15) is 0 Å². The second-order valence-electron chi connectivity index (χ2n) is 9.24. The third-order valence-corrected chi connectivity index (χ3v) is 8.06. The number of thiophene rings is 1. The van der Waals surface area contributed by atoms with E-state index in [0.29, 0.717) is 49.8 Å². The summed E-state index contributed by atoms with van der Waals surface area (Å²) < 4.78 is 44.6. The van der Waals surface area contributed by atoms with Crippen molar-refractivity contribution in [3.8, 4) is 5.06 Å². The van der Waals surface area contributed by atoms with E-state index in [0.717, 1.165) is 37.6 Å². The van der Waals surface area contributed by atoms with E-state index in [-0.39, 0.29) is 17.9 Å². The maximum Gasteiger partial charge on any atom is 0.416 e. The average molecular weight is 524 g/mol. The number of hydrogen-bond acceptors (Lipinski definition) is 6. The van der Waals surface area contributed by atoms with Crippen molar-refractivity contribution in [1.82, 2.24) is 9.80 Å². The Hall–Kier alpha value is -2.59. The Bertz CT molecular complexity index is 1080. The summed E-state index contributed by atoms with van der Waals surface area (Å²) in [5.74, 6) is -0.158. The van der Waals surface area contributed by atoms with Gasteiger partial charge in [-0.2, -0.15) is 13.2 Å². The summed E-state index contributed by atoms with van der Waals surface area (Å²) in [4.78, 5) is 32.0. The molecule has 1 aromatic heterocycles. The van der Waals surface area contributed by atoms with Gasteiger partial charge in [-0.3, -0.25) is 14.5 Å². The normalized spacial score (nSPS) is 17.6. The van der Waals surface area contributed by atoms with Crippen molar-refractivity contribution in [1.29, 1.82) is 0 Å². The molecule has 1 fully saturated rings. The number of fused-ring (bicyclic) bond motifs is 1. The number of rotatable bonds is 7. The zero-order valence-electron chi connectivity index (χ0n) is 20.6. The zero-order valence-corrected chi connectivity index (χ0v) is 21.5. The molecule has 4 rings (SSSR count). The molecule has 1 aromatic carbocycles. The van der Waals surface area contributed by atoms with Crippen LogP contribution >= 0.6 is 11.3 Å². The lowest BCUT2D eigenvalue weighted by Crippen LogP contribution is -2.50. The quantitative estimate of drug-likeness (QED) is 0.481. The maximum absolute atomic E-state index is 13.1. The number of halogens is 3. The van der Waals surface area contributed by atoms with Crippen LogP contribution in [0.25, 0.3) is 0 Å². The van der Waals surface area contributed by atoms with Crippen molar-refractivity contribution in [2.75, 3.05) is 37.6 Å². The summed E-state index contributed by atoms with van der Waals surface area (Å²) in [6.07, 6.45) is -1.92. The second kappa shape index (κ2) is 11.2. The van der Waals surface area contributed by atoms with Gasteiger partial charge < -0.3 is 14.5 Å². The highest BCUT2D eigenvalue weighted by molar-refractivity contribution is 7.14. The van der Waals surface area contributed by atoms with Crippen molar-refractivity contribution in [3.63, 3.8) is 0 Å². The molecule has 0 N–H and O–H groups in total. The number of piperazine rings is 1. The van der Waals surface area contributed by atoms with Gasteiger partial charge >= 0.3 is 12.1 Å². The fraction of sp³-hybridized carbons (Fsp3) is 0.538. The standard InChI is InChI=1S/C26H32F3N3O3S/c1-3-20(32-9-8-22-18(17-32)14-25(36-22)35-24(34)4-2)16-23(33)31-12-10-30(11-13-31)21-7-5-6-19(15-21)26(27,28)29/h5-7,14-15,20H,3-4,8-13,16-17H2,1-2H3. The molecule has 0 radical (unpaired) electrons. The van der Waals surface area contributed by atoms with Gasteiger partial charge in [0.05, 0.1) is 5.56 Å². The summed E-state index contributed by atoms with van der Waals surface area (Å²) in [5.41, 5.74) is 1.04. The van der Waals surface area contributed by atoms with Crippen molar-refractivity contribution >= 4 is 28.9 Å². The van der Waals surface area contributed by atoms with Crippen molar-refractivity contribution < 1.29 is 27.5 Å². The van der Waals surface area contributed by atoms with Crippen LogP contribution in [0.5, 0.6) is 5.06 Å². The Labute approximate surface area is 213 Å². The molecule has 0 saturated carbocycles. The SMILES string of the molecule is CCC(=O)Oc1cc2c(s1)CCN(C(CC)CC(=O)N1CCN(c3cccc(C(F)(F)F)c3)CC1)C2. The smallest absolute Gasteiger partial charge is 0.415 e. The van der Waals surface area contributed by atoms with Crippen LogP contribution in [0.2, 0.25) is 0 Å². The van der Waals surface area contributed by atoms with E-state index in [1.165, 1.54) is 28.3 Å². The lowest BCUT2D eigenvalue weighted by molar-refractivity contribution is -0.137. The topological polar surface area (TPSA) is 53.1 Å². The van der Waals surface area contributed by atoms with Crippen molar-refractivity contribution in [3.05, 3.63) is 46.3 Å². The van der Waals surface area contributed by atoms with Gasteiger partial charge in [-0.25, -0.2) is 0 Å². The van der Waals surface area contributed by atoms with Crippen LogP contribution in [0.3, 0.4) is 0 Å². The summed E-state index contributed by atoms with van der Waals surface area (Å²) >= 11 is 1.53. The molecule has 1 amide bonds. The highest BCUT2D eigenvalue weighted by atomic mass is 32.1. The third-order valence-electron chi connectivity index (χ3n) is 6.95. The second-order valence-corrected chi connectivity index (χ2v) is 10.3. The molecule has 2 aromatic rings. The first-order chi connectivity index (χ1) is 17.2. The van der Waals surface area contributed by atoms with Crippen molar-refractivity contribution in [2.45, 2.75) is 58.3 Å². The molecule has 2 aliphatic rings. The number of alkyl halides is 3. The molecule has 0 bridgehead atoms. The number of benzene rings is 1. The third kappa shape index (κ3) is 6.21. The molecule has 1 unspecified atom stereocenters. The molecule has 196 valence electrons. The number of esters is 1. The first-order valence-electron chi connectivity index (χ1n) is 12.4. The maximum atomic E-state index is 13.1. The number of nitrogens with zero attached hydrogens (tertiary/aromatic N) is 3. The number of carbonyl (C=O) groups is 2. The van der Waals surface area contributed by atoms with Gasteiger partial charge in [0.2, 0.25) is 5.91 Å². The number of ether oxygens (including phenoxy) is 1. The Morgan fingerprint density at radius 3 is 2.50 bits per heavy atom. The van der Waals surface area contributed by atoms with E-state index < -0.39 is 11.7 Å². The van der Waals surface area contributed by atoms with Crippen LogP contribution in [0.4, 0.5) is 18.9 Å². The predicted molar refractivity (Wildman–Crippen MR) is 133 cm³/mol. The van der Waals surface area contributed by atoms with Gasteiger partial charge in [-0.15, -0.1) is 11.3 Å². The van der Waals surface area contributed by atoms with Gasteiger partial charge in [0.15, 0.2) is 5.06 Å². The predicted octanol–water partition coefficient (Wildman–Crippen LogP) is 4.96. The minimum atomic E-state index is -4.37. The van der Waals surface area contributed by atoms with Gasteiger partial charge in [-0.05, 0) is 42.7 Å². The first-order valence-corrected chi connectivity index (χ1v) is 13.3. The molecule has 3 heterocycles. The van der Waals surface area contributed by atoms with Gasteiger partial charge in [0.25, 0.3) is 0 Å². The molecule has 2 aliphatic heterocycles. The molecule has 6 nitrogen and oxygen atoms in total. The molecule has 0 aliphatic carbocycles. The minimum Gasteiger partial charge on any atom is -0.415 e. The van der Waals surface area contributed by atoms with E-state index in [9.17, 15) is 22.8 Å². The lowest BCUT2D eigenvalue weighted by Gasteiger charge is -2.38. The highest BCUT2D eigenvalue weighted by Gasteiger charge is 2.32. The monoisotopic (exact) mass is 523 g/mol. The van der Waals surface area contributed by atoms with Gasteiger partial charge in [0, 0.05) is 68.7 Å². The largest absolute Gasteiger partial charge is 0.416 e. The van der Waals surface area contributed by atoms with E-state index >= 15 is 0 Å². The lowest BCUT2D eigenvalue weighted by atomic mass is 10.0. The Morgan fingerprint density at radius 2 is 1.83 bits per heavy atom. The van der Waals surface area contributed by atoms with Crippen LogP contribution in [-0.4, -0.2) is 60.4 Å². The van der Waals surface area contributed by atoms with Crippen LogP contribution in [0, 0.1) is 0 Å². The fourth-order valence-corrected chi connectivity index (χ4v) is 5.86. The minimum absolute atomic E-state index is 0.0826. The molecule has 0 spiro atoms. The number of carbonyl (C=O) groups excluding carboxylic acids is 2. The van der Waals surface area contributed by atoms with Crippen LogP contribution in [0.15, 0.2) is 30.3 Å². The molecule has 1 atom stereocenters. The van der Waals surface area contributed by atoms with Crippen LogP contribution in [-0.2, 0) is 28.7 Å². The molecular formula is C26H32F3N3O3S. The number of amides is 1. The number of anilines is 1. The van der Waals surface area contributed by atoms with Crippen LogP contribution < -0.4 is 9.64 Å². The first kappa shape index (κ1) is 26.5. The zero-order chi connectivity index (χ0) is 25.9. The summed E-state index contributed by atoms with van der Waals surface area (Å²) in [5, 5.41) is 0.636. The van der Waals surface area contributed by atoms with Crippen molar-refractivity contribution in [2.24, 2.45) is 0 Å². The number of hydrogen-bond donors (Lipinski definition) is 0. The van der Waals surface area contributed by atoms with E-state index in [2.05, 4.69) is 11.8 Å². The Morgan fingerprint density at radius 1 is 1.08 bits per heavy atom. The molecule has 10 heteroatoms. The highest BCUT2D eigenvalue weighted by Crippen LogP contribution is 2.35. The summed E-state index contributed by atoms with van der Waals surface area (Å²) in [6.45, 7) is 7.43. The Kier molecular flexibility index (Phi) is 8.24. The molecule has 36 heavy (non-hydrogen) atoms. The summed E-state index contributed by atoms with van der Waals surface area (Å²) in [7, 11) is 0. The van der Waals surface area contributed by atoms with E-state index in [4.69, 9.17) is 4.74 Å².